The van der Waals surface area contributed by atoms with E-state index >= 15 is 0 Å². The molecule has 1 aromatic heterocycles. The predicted octanol–water partition coefficient (Wildman–Crippen LogP) is 3.65. The second kappa shape index (κ2) is 8.84. The summed E-state index contributed by atoms with van der Waals surface area (Å²) < 4.78 is 11.2. The number of hydrogen-bond donors (Lipinski definition) is 1. The van der Waals surface area contributed by atoms with Crippen LogP contribution < -0.4 is 0 Å². The van der Waals surface area contributed by atoms with Crippen molar-refractivity contribution in [1.82, 2.24) is 9.80 Å². The van der Waals surface area contributed by atoms with Crippen LogP contribution in [-0.2, 0) is 9.53 Å². The van der Waals surface area contributed by atoms with Gasteiger partial charge < -0.3 is 19.2 Å². The van der Waals surface area contributed by atoms with Gasteiger partial charge in [-0.3, -0.25) is 14.5 Å². The largest absolute Gasteiger partial charge is 0.503 e. The minimum Gasteiger partial charge on any atom is -0.503 e. The fourth-order valence-electron chi connectivity index (χ4n) is 4.58. The molecule has 5 rings (SSSR count). The van der Waals surface area contributed by atoms with Crippen LogP contribution in [0.2, 0.25) is 0 Å². The van der Waals surface area contributed by atoms with E-state index in [1.54, 1.807) is 11.0 Å². The van der Waals surface area contributed by atoms with E-state index in [0.717, 1.165) is 29.6 Å². The van der Waals surface area contributed by atoms with Gasteiger partial charge in [0.05, 0.1) is 24.8 Å². The van der Waals surface area contributed by atoms with Gasteiger partial charge in [0.25, 0.3) is 5.91 Å². The van der Waals surface area contributed by atoms with E-state index in [1.807, 2.05) is 55.5 Å². The Kier molecular flexibility index (Phi) is 5.74. The van der Waals surface area contributed by atoms with Gasteiger partial charge in [-0.1, -0.05) is 42.0 Å². The average molecular weight is 447 g/mol. The van der Waals surface area contributed by atoms with Gasteiger partial charge >= 0.3 is 0 Å². The summed E-state index contributed by atoms with van der Waals surface area (Å²) in [6.45, 7) is 5.90. The van der Waals surface area contributed by atoms with Crippen molar-refractivity contribution in [2.75, 3.05) is 39.4 Å². The van der Waals surface area contributed by atoms with Crippen LogP contribution in [0.1, 0.15) is 27.7 Å². The Morgan fingerprint density at radius 2 is 1.82 bits per heavy atom. The van der Waals surface area contributed by atoms with Crippen LogP contribution in [0, 0.1) is 6.92 Å². The number of aliphatic hydroxyl groups is 1. The molecule has 1 unspecified atom stereocenters. The molecule has 7 heteroatoms. The van der Waals surface area contributed by atoms with Crippen LogP contribution in [-0.4, -0.2) is 66.0 Å². The number of ketones is 1. The van der Waals surface area contributed by atoms with Gasteiger partial charge in [-0.2, -0.15) is 0 Å². The smallest absolute Gasteiger partial charge is 0.290 e. The maximum absolute atomic E-state index is 13.6. The van der Waals surface area contributed by atoms with Crippen LogP contribution in [0.15, 0.2) is 70.3 Å². The molecule has 1 amide bonds. The molecule has 1 N–H and O–H groups in total. The van der Waals surface area contributed by atoms with Crippen LogP contribution >= 0.6 is 0 Å². The van der Waals surface area contributed by atoms with Crippen molar-refractivity contribution in [2.45, 2.75) is 13.0 Å². The van der Waals surface area contributed by atoms with Gasteiger partial charge in [0.1, 0.15) is 5.58 Å². The molecule has 1 saturated heterocycles. The van der Waals surface area contributed by atoms with Gasteiger partial charge in [-0.05, 0) is 30.7 Å². The molecule has 0 radical (unpaired) electrons. The lowest BCUT2D eigenvalue weighted by molar-refractivity contribution is -0.129. The highest BCUT2D eigenvalue weighted by Crippen LogP contribution is 2.39. The Morgan fingerprint density at radius 1 is 1.06 bits per heavy atom. The Balaban J connectivity index is 1.49. The van der Waals surface area contributed by atoms with Gasteiger partial charge in [-0.15, -0.1) is 0 Å². The van der Waals surface area contributed by atoms with Crippen molar-refractivity contribution in [3.05, 3.63) is 82.8 Å². The molecule has 3 heterocycles. The molecule has 2 aliphatic heterocycles. The second-order valence-electron chi connectivity index (χ2n) is 8.51. The zero-order chi connectivity index (χ0) is 22.9. The Labute approximate surface area is 191 Å². The Hall–Kier alpha value is -3.42. The van der Waals surface area contributed by atoms with Crippen molar-refractivity contribution in [3.8, 4) is 0 Å². The SMILES string of the molecule is Cc1ccc2oc(C(=O)C3=C(O)C(=O)N(CCN4CCOCC4)C3c3ccccc3)cc2c1. The minimum atomic E-state index is -0.679. The molecule has 0 aliphatic carbocycles. The highest BCUT2D eigenvalue weighted by molar-refractivity contribution is 6.16. The third-order valence-electron chi connectivity index (χ3n) is 6.32. The highest BCUT2D eigenvalue weighted by atomic mass is 16.5. The summed E-state index contributed by atoms with van der Waals surface area (Å²) in [4.78, 5) is 30.5. The maximum Gasteiger partial charge on any atom is 0.290 e. The van der Waals surface area contributed by atoms with Crippen molar-refractivity contribution in [2.24, 2.45) is 0 Å². The Morgan fingerprint density at radius 3 is 2.58 bits per heavy atom. The number of Topliss-reactive ketones (excluding diaryl/α,β-unsaturated/α-hetero) is 1. The number of aliphatic hydroxyl groups excluding tert-OH is 1. The summed E-state index contributed by atoms with van der Waals surface area (Å²) in [5.41, 5.74) is 2.47. The summed E-state index contributed by atoms with van der Waals surface area (Å²) in [5, 5.41) is 11.6. The van der Waals surface area contributed by atoms with E-state index in [-0.39, 0.29) is 11.3 Å². The first-order valence-corrected chi connectivity index (χ1v) is 11.2. The molecule has 0 spiro atoms. The number of carbonyl (C=O) groups excluding carboxylic acids is 2. The van der Waals surface area contributed by atoms with Gasteiger partial charge in [-0.25, -0.2) is 0 Å². The normalized spacial score (nSPS) is 19.6. The first kappa shape index (κ1) is 21.4. The summed E-state index contributed by atoms with van der Waals surface area (Å²) in [7, 11) is 0. The van der Waals surface area contributed by atoms with Crippen molar-refractivity contribution in [3.63, 3.8) is 0 Å². The monoisotopic (exact) mass is 446 g/mol. The van der Waals surface area contributed by atoms with E-state index in [0.29, 0.717) is 31.9 Å². The summed E-state index contributed by atoms with van der Waals surface area (Å²) in [6.07, 6.45) is 0. The number of furan rings is 1. The molecule has 1 atom stereocenters. The van der Waals surface area contributed by atoms with E-state index in [2.05, 4.69) is 4.90 Å². The molecule has 1 fully saturated rings. The summed E-state index contributed by atoms with van der Waals surface area (Å²) in [5.74, 6) is -1.40. The molecule has 33 heavy (non-hydrogen) atoms. The molecule has 0 bridgehead atoms. The number of aryl methyl sites for hydroxylation is 1. The minimum absolute atomic E-state index is 0.0592. The molecular formula is C26H26N2O5. The fourth-order valence-corrected chi connectivity index (χ4v) is 4.58. The van der Waals surface area contributed by atoms with Crippen molar-refractivity contribution in [1.29, 1.82) is 0 Å². The molecule has 2 aliphatic rings. The van der Waals surface area contributed by atoms with E-state index < -0.39 is 23.5 Å². The first-order valence-electron chi connectivity index (χ1n) is 11.2. The first-order chi connectivity index (χ1) is 16.0. The van der Waals surface area contributed by atoms with Crippen molar-refractivity contribution >= 4 is 22.7 Å². The van der Waals surface area contributed by atoms with E-state index in [1.165, 1.54) is 0 Å². The number of nitrogens with zero attached hydrogens (tertiary/aromatic N) is 2. The number of amides is 1. The third kappa shape index (κ3) is 4.05. The zero-order valence-corrected chi connectivity index (χ0v) is 18.5. The van der Waals surface area contributed by atoms with Crippen LogP contribution in [0.5, 0.6) is 0 Å². The number of ether oxygens (including phenoxy) is 1. The van der Waals surface area contributed by atoms with Crippen LogP contribution in [0.3, 0.4) is 0 Å². The van der Waals surface area contributed by atoms with Crippen LogP contribution in [0.4, 0.5) is 0 Å². The number of fused-ring (bicyclic) bond motifs is 1. The standard InChI is InChI=1S/C26H26N2O5/c1-17-7-8-20-19(15-17)16-21(33-20)24(29)22-23(18-5-3-2-4-6-18)28(26(31)25(22)30)10-9-27-11-13-32-14-12-27/h2-8,15-16,23,30H,9-14H2,1H3. The number of carbonyl (C=O) groups is 2. The molecule has 170 valence electrons. The van der Waals surface area contributed by atoms with Gasteiger partial charge in [0.2, 0.25) is 5.78 Å². The summed E-state index contributed by atoms with van der Waals surface area (Å²) in [6, 6.07) is 16.0. The quantitative estimate of drug-likeness (QED) is 0.582. The fraction of sp³-hybridized carbons (Fsp3) is 0.308. The molecular weight excluding hydrogens is 420 g/mol. The van der Waals surface area contributed by atoms with Crippen molar-refractivity contribution < 1.29 is 23.8 Å². The number of hydrogen-bond acceptors (Lipinski definition) is 6. The lowest BCUT2D eigenvalue weighted by atomic mass is 9.95. The number of rotatable bonds is 6. The van der Waals surface area contributed by atoms with Gasteiger partial charge in [0.15, 0.2) is 11.5 Å². The lowest BCUT2D eigenvalue weighted by Gasteiger charge is -2.31. The molecule has 7 nitrogen and oxygen atoms in total. The zero-order valence-electron chi connectivity index (χ0n) is 18.5. The Bertz CT molecular complexity index is 1220. The third-order valence-corrected chi connectivity index (χ3v) is 6.32. The predicted molar refractivity (Wildman–Crippen MR) is 123 cm³/mol. The highest BCUT2D eigenvalue weighted by Gasteiger charge is 2.44. The number of benzene rings is 2. The van der Waals surface area contributed by atoms with Crippen LogP contribution in [0.25, 0.3) is 11.0 Å². The maximum atomic E-state index is 13.6. The van der Waals surface area contributed by atoms with E-state index in [9.17, 15) is 14.7 Å². The second-order valence-corrected chi connectivity index (χ2v) is 8.51. The lowest BCUT2D eigenvalue weighted by Crippen LogP contribution is -2.43. The van der Waals surface area contributed by atoms with Gasteiger partial charge in [0, 0.05) is 31.6 Å². The van der Waals surface area contributed by atoms with E-state index in [4.69, 9.17) is 9.15 Å². The molecule has 2 aromatic carbocycles. The molecule has 3 aromatic rings. The summed E-state index contributed by atoms with van der Waals surface area (Å²) >= 11 is 0. The molecule has 0 saturated carbocycles. The number of morpholine rings is 1. The topological polar surface area (TPSA) is 83.2 Å². The average Bonchev–Trinajstić information content (AvgIpc) is 3.37.